The van der Waals surface area contributed by atoms with Gasteiger partial charge in [-0.1, -0.05) is 30.2 Å². The van der Waals surface area contributed by atoms with E-state index in [2.05, 4.69) is 44.3 Å². The highest BCUT2D eigenvalue weighted by Crippen LogP contribution is 2.49. The lowest BCUT2D eigenvalue weighted by molar-refractivity contribution is -0.132. The molecular weight excluding hydrogens is 453 g/mol. The van der Waals surface area contributed by atoms with Crippen LogP contribution in [0.25, 0.3) is 5.57 Å². The van der Waals surface area contributed by atoms with Gasteiger partial charge in [-0.3, -0.25) is 0 Å². The molecule has 36 heavy (non-hydrogen) atoms. The highest BCUT2D eigenvalue weighted by Gasteiger charge is 2.38. The second kappa shape index (κ2) is 12.1. The molecule has 0 unspecified atom stereocenters. The van der Waals surface area contributed by atoms with Gasteiger partial charge < -0.3 is 14.5 Å². The number of anilines is 1. The van der Waals surface area contributed by atoms with Crippen LogP contribution in [-0.4, -0.2) is 12.5 Å². The summed E-state index contributed by atoms with van der Waals surface area (Å²) in [7, 11) is 0. The predicted molar refractivity (Wildman–Crippen MR) is 145 cm³/mol. The highest BCUT2D eigenvalue weighted by atomic mass is 19.1. The third-order valence-electron chi connectivity index (χ3n) is 6.53. The third-order valence-corrected chi connectivity index (χ3v) is 6.53. The summed E-state index contributed by atoms with van der Waals surface area (Å²) < 4.78 is 24.9. The van der Waals surface area contributed by atoms with Gasteiger partial charge in [-0.05, 0) is 95.7 Å². The number of hydrogen-bond acceptors (Lipinski definition) is 4. The number of esters is 1. The van der Waals surface area contributed by atoms with E-state index in [4.69, 9.17) is 9.15 Å². The van der Waals surface area contributed by atoms with E-state index in [-0.39, 0.29) is 23.1 Å². The molecule has 5 heteroatoms. The van der Waals surface area contributed by atoms with E-state index in [0.717, 1.165) is 53.2 Å². The van der Waals surface area contributed by atoms with E-state index >= 15 is 0 Å². The van der Waals surface area contributed by atoms with Gasteiger partial charge in [0.1, 0.15) is 17.3 Å². The van der Waals surface area contributed by atoms with Crippen molar-refractivity contribution >= 4 is 17.2 Å². The average molecular weight is 492 g/mol. The maximum atomic E-state index is 13.3. The van der Waals surface area contributed by atoms with Crippen molar-refractivity contribution < 1.29 is 18.3 Å². The smallest absolute Gasteiger partial charge is 0.335 e. The van der Waals surface area contributed by atoms with Crippen molar-refractivity contribution in [2.45, 2.75) is 66.7 Å². The Hall–Kier alpha value is -3.34. The van der Waals surface area contributed by atoms with Crippen LogP contribution in [0, 0.1) is 18.2 Å². The van der Waals surface area contributed by atoms with E-state index in [1.807, 2.05) is 26.8 Å². The summed E-state index contributed by atoms with van der Waals surface area (Å²) in [4.78, 5) is 12.1. The van der Waals surface area contributed by atoms with Gasteiger partial charge in [0.2, 0.25) is 0 Å². The number of ether oxygens (including phenoxy) is 1. The van der Waals surface area contributed by atoms with Gasteiger partial charge in [0.25, 0.3) is 0 Å². The molecule has 3 rings (SSSR count). The van der Waals surface area contributed by atoms with Crippen molar-refractivity contribution in [3.8, 4) is 0 Å². The van der Waals surface area contributed by atoms with Gasteiger partial charge >= 0.3 is 5.97 Å². The molecule has 1 aliphatic carbocycles. The zero-order chi connectivity index (χ0) is 26.3. The molecule has 0 amide bonds. The van der Waals surface area contributed by atoms with E-state index < -0.39 is 0 Å². The van der Waals surface area contributed by atoms with Gasteiger partial charge in [-0.25, -0.2) is 9.18 Å². The second-order valence-electron chi connectivity index (χ2n) is 10.4. The predicted octanol–water partition coefficient (Wildman–Crippen LogP) is 8.49. The van der Waals surface area contributed by atoms with Crippen LogP contribution in [0.15, 0.2) is 76.5 Å². The Morgan fingerprint density at radius 3 is 2.58 bits per heavy atom. The standard InChI is InChI=1S/C31H38FNO3/c1-21(2)8-7-15-31(6)16-13-24(20-33-26-11-9-25(32)10-12-26)30-27(19-23(5)36-30)28(31)14-17-35-29(34)18-22(3)4/h8-14,17-19,28,33H,7,15-16,20H2,1-6H3/b17-14+/t28-,31-/m0/s1. The van der Waals surface area contributed by atoms with Crippen LogP contribution in [-0.2, 0) is 9.53 Å². The minimum atomic E-state index is -0.378. The summed E-state index contributed by atoms with van der Waals surface area (Å²) in [5.74, 6) is 1.04. The molecule has 0 fully saturated rings. The Morgan fingerprint density at radius 1 is 1.19 bits per heavy atom. The quantitative estimate of drug-likeness (QED) is 0.165. The number of carbonyl (C=O) groups is 1. The highest BCUT2D eigenvalue weighted by molar-refractivity contribution is 5.83. The Morgan fingerprint density at radius 2 is 1.92 bits per heavy atom. The summed E-state index contributed by atoms with van der Waals surface area (Å²) in [6.07, 6.45) is 12.3. The topological polar surface area (TPSA) is 51.5 Å². The largest absolute Gasteiger partial charge is 0.461 e. The summed E-state index contributed by atoms with van der Waals surface area (Å²) in [5.41, 5.74) is 5.08. The Kier molecular flexibility index (Phi) is 9.14. The van der Waals surface area contributed by atoms with Gasteiger partial charge in [0, 0.05) is 35.4 Å². The van der Waals surface area contributed by atoms with Crippen molar-refractivity contribution in [2.24, 2.45) is 5.41 Å². The molecule has 0 radical (unpaired) electrons. The second-order valence-corrected chi connectivity index (χ2v) is 10.4. The molecule has 2 atom stereocenters. The molecule has 0 spiro atoms. The lowest BCUT2D eigenvalue weighted by Gasteiger charge is -2.34. The SMILES string of the molecule is CC(C)=CCC[C@@]1(C)CC=C(CNc2ccc(F)cc2)c2oc(C)cc2[C@@H]1/C=C/OC(=O)C=C(C)C. The summed E-state index contributed by atoms with van der Waals surface area (Å²) in [6.45, 7) is 12.8. The van der Waals surface area contributed by atoms with Crippen LogP contribution >= 0.6 is 0 Å². The number of rotatable bonds is 9. The number of allylic oxidation sites excluding steroid dienone is 5. The number of aryl methyl sites for hydroxylation is 1. The molecule has 0 saturated carbocycles. The van der Waals surface area contributed by atoms with Crippen molar-refractivity contribution in [3.05, 3.63) is 94.9 Å². The Bertz CT molecular complexity index is 1170. The first-order valence-corrected chi connectivity index (χ1v) is 12.5. The zero-order valence-corrected chi connectivity index (χ0v) is 22.3. The summed E-state index contributed by atoms with van der Waals surface area (Å²) >= 11 is 0. The molecule has 1 N–H and O–H groups in total. The van der Waals surface area contributed by atoms with E-state index in [0.29, 0.717) is 6.54 Å². The van der Waals surface area contributed by atoms with Crippen LogP contribution < -0.4 is 5.32 Å². The molecule has 0 saturated heterocycles. The van der Waals surface area contributed by atoms with Crippen molar-refractivity contribution in [1.82, 2.24) is 0 Å². The van der Waals surface area contributed by atoms with Crippen LogP contribution in [0.4, 0.5) is 10.1 Å². The fraction of sp³-hybridized carbons (Fsp3) is 0.387. The number of hydrogen-bond donors (Lipinski definition) is 1. The number of halogens is 1. The first-order chi connectivity index (χ1) is 17.1. The number of benzene rings is 1. The molecule has 192 valence electrons. The molecule has 1 aromatic heterocycles. The fourth-order valence-electron chi connectivity index (χ4n) is 4.62. The minimum absolute atomic E-state index is 0.00501. The van der Waals surface area contributed by atoms with E-state index in [1.54, 1.807) is 12.1 Å². The van der Waals surface area contributed by atoms with Gasteiger partial charge in [-0.2, -0.15) is 0 Å². The van der Waals surface area contributed by atoms with Crippen LogP contribution in [0.2, 0.25) is 0 Å². The zero-order valence-electron chi connectivity index (χ0n) is 22.3. The molecule has 0 bridgehead atoms. The van der Waals surface area contributed by atoms with Gasteiger partial charge in [0.05, 0.1) is 6.26 Å². The summed E-state index contributed by atoms with van der Waals surface area (Å²) in [6, 6.07) is 8.46. The molecule has 1 aromatic carbocycles. The molecule has 1 aliphatic rings. The average Bonchev–Trinajstić information content (AvgIpc) is 3.13. The maximum absolute atomic E-state index is 13.3. The van der Waals surface area contributed by atoms with Crippen molar-refractivity contribution in [2.75, 3.05) is 11.9 Å². The first-order valence-electron chi connectivity index (χ1n) is 12.5. The normalized spacial score (nSPS) is 19.2. The number of nitrogens with one attached hydrogen (secondary N) is 1. The molecule has 4 nitrogen and oxygen atoms in total. The van der Waals surface area contributed by atoms with E-state index in [1.165, 1.54) is 30.0 Å². The third kappa shape index (κ3) is 7.33. The lowest BCUT2D eigenvalue weighted by Crippen LogP contribution is -2.23. The Labute approximate surface area is 214 Å². The van der Waals surface area contributed by atoms with Crippen LogP contribution in [0.5, 0.6) is 0 Å². The molecule has 1 heterocycles. The van der Waals surface area contributed by atoms with Crippen LogP contribution in [0.3, 0.4) is 0 Å². The molecular formula is C31H38FNO3. The van der Waals surface area contributed by atoms with Crippen LogP contribution in [0.1, 0.15) is 76.9 Å². The summed E-state index contributed by atoms with van der Waals surface area (Å²) in [5, 5.41) is 3.40. The number of furan rings is 1. The van der Waals surface area contributed by atoms with Gasteiger partial charge in [-0.15, -0.1) is 0 Å². The number of carbonyl (C=O) groups excluding carboxylic acids is 1. The first kappa shape index (κ1) is 27.3. The monoisotopic (exact) mass is 491 g/mol. The van der Waals surface area contributed by atoms with Gasteiger partial charge in [0.15, 0.2) is 0 Å². The van der Waals surface area contributed by atoms with Crippen molar-refractivity contribution in [3.63, 3.8) is 0 Å². The molecule has 2 aromatic rings. The fourth-order valence-corrected chi connectivity index (χ4v) is 4.62. The maximum Gasteiger partial charge on any atom is 0.335 e. The number of fused-ring (bicyclic) bond motifs is 1. The Balaban J connectivity index is 1.94. The molecule has 0 aliphatic heterocycles. The van der Waals surface area contributed by atoms with E-state index in [9.17, 15) is 9.18 Å². The lowest BCUT2D eigenvalue weighted by atomic mass is 9.69. The van der Waals surface area contributed by atoms with Crippen molar-refractivity contribution in [1.29, 1.82) is 0 Å². The minimum Gasteiger partial charge on any atom is -0.461 e.